The van der Waals surface area contributed by atoms with Crippen LogP contribution in [-0.4, -0.2) is 0 Å². The van der Waals surface area contributed by atoms with E-state index in [1.54, 1.807) is 0 Å². The molecule has 0 saturated carbocycles. The molecular formula is C10H16. The molecule has 10 heavy (non-hydrogen) atoms. The Hall–Kier alpha value is -0.780. The highest BCUT2D eigenvalue weighted by Gasteiger charge is 1.82. The summed E-state index contributed by atoms with van der Waals surface area (Å²) in [5, 5.41) is 0. The third-order valence-corrected chi connectivity index (χ3v) is 1.23. The maximum Gasteiger partial charge on any atom is -0.0136 e. The third kappa shape index (κ3) is 5.36. The van der Waals surface area contributed by atoms with Crippen LogP contribution in [0.5, 0.6) is 0 Å². The van der Waals surface area contributed by atoms with Crippen LogP contribution in [0, 0.1) is 0 Å². The lowest BCUT2D eigenvalue weighted by Gasteiger charge is -1.93. The van der Waals surface area contributed by atoms with Crippen molar-refractivity contribution < 1.29 is 0 Å². The van der Waals surface area contributed by atoms with Crippen molar-refractivity contribution in [1.29, 1.82) is 0 Å². The molecule has 0 heteroatoms. The molecule has 0 aromatic rings. The van der Waals surface area contributed by atoms with E-state index in [0.29, 0.717) is 0 Å². The van der Waals surface area contributed by atoms with Crippen molar-refractivity contribution in [2.45, 2.75) is 27.2 Å². The molecule has 0 heterocycles. The molecule has 0 nitrogen and oxygen atoms in total. The van der Waals surface area contributed by atoms with E-state index in [1.165, 1.54) is 11.1 Å². The average Bonchev–Trinajstić information content (AvgIpc) is 1.85. The Morgan fingerprint density at radius 1 is 1.30 bits per heavy atom. The smallest absolute Gasteiger partial charge is 0.0136 e. The molecule has 0 bridgehead atoms. The summed E-state index contributed by atoms with van der Waals surface area (Å²) in [6.07, 6.45) is 7.14. The summed E-state index contributed by atoms with van der Waals surface area (Å²) in [5.41, 5.74) is 2.73. The maximum atomic E-state index is 3.63. The standard InChI is InChI=1S/C10H16/c1-5-6-10(4)8-7-9(2)3/h5-7H,1,8H2,2-4H3/b10-6-. The molecule has 0 aliphatic carbocycles. The lowest BCUT2D eigenvalue weighted by Crippen LogP contribution is -1.72. The van der Waals surface area contributed by atoms with Crippen molar-refractivity contribution in [3.8, 4) is 0 Å². The highest BCUT2D eigenvalue weighted by atomic mass is 13.9. The fourth-order valence-corrected chi connectivity index (χ4v) is 0.634. The number of hydrogen-bond donors (Lipinski definition) is 0. The highest BCUT2D eigenvalue weighted by molar-refractivity contribution is 5.12. The monoisotopic (exact) mass is 136 g/mol. The van der Waals surface area contributed by atoms with E-state index >= 15 is 0 Å². The number of allylic oxidation sites excluding steroid dienone is 5. The minimum Gasteiger partial charge on any atom is -0.0991 e. The molecule has 0 atom stereocenters. The van der Waals surface area contributed by atoms with E-state index in [4.69, 9.17) is 0 Å². The molecule has 0 aliphatic rings. The van der Waals surface area contributed by atoms with E-state index in [1.807, 2.05) is 12.2 Å². The Bertz CT molecular complexity index is 155. The first-order chi connectivity index (χ1) is 4.66. The van der Waals surface area contributed by atoms with E-state index in [0.717, 1.165) is 6.42 Å². The average molecular weight is 136 g/mol. The van der Waals surface area contributed by atoms with Crippen LogP contribution in [0.15, 0.2) is 36.0 Å². The van der Waals surface area contributed by atoms with Gasteiger partial charge in [0.15, 0.2) is 0 Å². The van der Waals surface area contributed by atoms with Gasteiger partial charge in [0.2, 0.25) is 0 Å². The van der Waals surface area contributed by atoms with Gasteiger partial charge >= 0.3 is 0 Å². The van der Waals surface area contributed by atoms with Crippen molar-refractivity contribution in [3.05, 3.63) is 36.0 Å². The predicted molar refractivity (Wildman–Crippen MR) is 48.0 cm³/mol. The molecule has 0 saturated heterocycles. The van der Waals surface area contributed by atoms with Crippen LogP contribution >= 0.6 is 0 Å². The fraction of sp³-hybridized carbons (Fsp3) is 0.400. The van der Waals surface area contributed by atoms with Crippen molar-refractivity contribution >= 4 is 0 Å². The van der Waals surface area contributed by atoms with Gasteiger partial charge < -0.3 is 0 Å². The van der Waals surface area contributed by atoms with Gasteiger partial charge in [-0.2, -0.15) is 0 Å². The Morgan fingerprint density at radius 3 is 2.30 bits per heavy atom. The van der Waals surface area contributed by atoms with Gasteiger partial charge in [-0.3, -0.25) is 0 Å². The van der Waals surface area contributed by atoms with E-state index in [-0.39, 0.29) is 0 Å². The van der Waals surface area contributed by atoms with Crippen LogP contribution < -0.4 is 0 Å². The molecule has 0 amide bonds. The van der Waals surface area contributed by atoms with Gasteiger partial charge in [0, 0.05) is 0 Å². The topological polar surface area (TPSA) is 0 Å². The summed E-state index contributed by atoms with van der Waals surface area (Å²) in [4.78, 5) is 0. The lowest BCUT2D eigenvalue weighted by molar-refractivity contribution is 1.17. The van der Waals surface area contributed by atoms with Crippen LogP contribution in [0.2, 0.25) is 0 Å². The molecule has 56 valence electrons. The summed E-state index contributed by atoms with van der Waals surface area (Å²) >= 11 is 0. The van der Waals surface area contributed by atoms with Crippen molar-refractivity contribution in [1.82, 2.24) is 0 Å². The minimum atomic E-state index is 1.05. The third-order valence-electron chi connectivity index (χ3n) is 1.23. The first-order valence-electron chi connectivity index (χ1n) is 3.58. The normalized spacial score (nSPS) is 10.9. The second kappa shape index (κ2) is 5.04. The Balaban J connectivity index is 3.80. The zero-order valence-electron chi connectivity index (χ0n) is 7.15. The molecule has 0 aliphatic heterocycles. The second-order valence-electron chi connectivity index (χ2n) is 2.73. The Kier molecular flexibility index (Phi) is 4.65. The van der Waals surface area contributed by atoms with Gasteiger partial charge in [0.1, 0.15) is 0 Å². The maximum absolute atomic E-state index is 3.63. The van der Waals surface area contributed by atoms with Crippen molar-refractivity contribution in [2.75, 3.05) is 0 Å². The van der Waals surface area contributed by atoms with Gasteiger partial charge in [-0.15, -0.1) is 0 Å². The molecule has 0 rings (SSSR count). The van der Waals surface area contributed by atoms with Crippen molar-refractivity contribution in [2.24, 2.45) is 0 Å². The number of hydrogen-bond acceptors (Lipinski definition) is 0. The lowest BCUT2D eigenvalue weighted by atomic mass is 10.1. The highest BCUT2D eigenvalue weighted by Crippen LogP contribution is 2.03. The summed E-state index contributed by atoms with van der Waals surface area (Å²) < 4.78 is 0. The summed E-state index contributed by atoms with van der Waals surface area (Å²) in [6.45, 7) is 9.97. The fourth-order valence-electron chi connectivity index (χ4n) is 0.634. The first kappa shape index (κ1) is 9.22. The van der Waals surface area contributed by atoms with E-state index in [9.17, 15) is 0 Å². The van der Waals surface area contributed by atoms with Crippen LogP contribution in [0.4, 0.5) is 0 Å². The molecule has 0 aromatic carbocycles. The van der Waals surface area contributed by atoms with Crippen LogP contribution in [0.25, 0.3) is 0 Å². The second-order valence-corrected chi connectivity index (χ2v) is 2.73. The molecule has 0 fully saturated rings. The summed E-state index contributed by atoms with van der Waals surface area (Å²) in [5.74, 6) is 0. The molecule has 0 unspecified atom stereocenters. The van der Waals surface area contributed by atoms with Gasteiger partial charge in [-0.1, -0.05) is 36.0 Å². The SMILES string of the molecule is C=C/C=C(/C)CC=C(C)C. The van der Waals surface area contributed by atoms with Crippen molar-refractivity contribution in [3.63, 3.8) is 0 Å². The van der Waals surface area contributed by atoms with Crippen LogP contribution in [0.1, 0.15) is 27.2 Å². The Morgan fingerprint density at radius 2 is 1.90 bits per heavy atom. The van der Waals surface area contributed by atoms with E-state index in [2.05, 4.69) is 33.4 Å². The van der Waals surface area contributed by atoms with E-state index < -0.39 is 0 Å². The van der Waals surface area contributed by atoms with Crippen LogP contribution in [-0.2, 0) is 0 Å². The molecular weight excluding hydrogens is 120 g/mol. The van der Waals surface area contributed by atoms with Gasteiger partial charge in [0.25, 0.3) is 0 Å². The van der Waals surface area contributed by atoms with Gasteiger partial charge in [-0.25, -0.2) is 0 Å². The minimum absolute atomic E-state index is 1.05. The quantitative estimate of drug-likeness (QED) is 0.411. The summed E-state index contributed by atoms with van der Waals surface area (Å²) in [6, 6.07) is 0. The first-order valence-corrected chi connectivity index (χ1v) is 3.58. The zero-order chi connectivity index (χ0) is 7.98. The molecule has 0 radical (unpaired) electrons. The van der Waals surface area contributed by atoms with Crippen LogP contribution in [0.3, 0.4) is 0 Å². The zero-order valence-corrected chi connectivity index (χ0v) is 7.15. The molecule has 0 aromatic heterocycles. The summed E-state index contributed by atoms with van der Waals surface area (Å²) in [7, 11) is 0. The van der Waals surface area contributed by atoms with Gasteiger partial charge in [0.05, 0.1) is 0 Å². The molecule has 0 spiro atoms. The molecule has 0 N–H and O–H groups in total. The Labute approximate surface area is 64.0 Å². The largest absolute Gasteiger partial charge is 0.0991 e. The number of rotatable bonds is 3. The predicted octanol–water partition coefficient (Wildman–Crippen LogP) is 3.48. The van der Waals surface area contributed by atoms with Gasteiger partial charge in [-0.05, 0) is 27.2 Å².